The average Bonchev–Trinajstić information content (AvgIpc) is 2.50. The Hall–Kier alpha value is -1.54. The van der Waals surface area contributed by atoms with E-state index in [9.17, 15) is 4.79 Å². The fourth-order valence-corrected chi connectivity index (χ4v) is 2.18. The lowest BCUT2D eigenvalue weighted by Crippen LogP contribution is -2.39. The van der Waals surface area contributed by atoms with Crippen molar-refractivity contribution in [3.8, 4) is 0 Å². The highest BCUT2D eigenvalue weighted by Crippen LogP contribution is 2.06. The van der Waals surface area contributed by atoms with E-state index < -0.39 is 11.7 Å². The van der Waals surface area contributed by atoms with Crippen LogP contribution < -0.4 is 16.4 Å². The van der Waals surface area contributed by atoms with Crippen LogP contribution >= 0.6 is 0 Å². The number of aliphatic imine (C=N–C) groups is 1. The van der Waals surface area contributed by atoms with E-state index in [0.29, 0.717) is 19.0 Å². The number of carbonyl (C=O) groups is 1. The Morgan fingerprint density at radius 3 is 2.54 bits per heavy atom. The molecule has 140 valence electrons. The lowest BCUT2D eigenvalue weighted by molar-refractivity contribution is 0.0376. The summed E-state index contributed by atoms with van der Waals surface area (Å²) in [5.74, 6) is 0.453. The second kappa shape index (κ2) is 11.1. The van der Waals surface area contributed by atoms with Crippen molar-refractivity contribution in [3.05, 3.63) is 0 Å². The lowest BCUT2D eigenvalue weighted by atomic mass is 10.2. The van der Waals surface area contributed by atoms with E-state index in [0.717, 1.165) is 52.2 Å². The van der Waals surface area contributed by atoms with E-state index in [1.807, 2.05) is 20.8 Å². The van der Waals surface area contributed by atoms with E-state index in [4.69, 9.17) is 15.2 Å². The number of hydrogen-bond donors (Lipinski definition) is 3. The minimum Gasteiger partial charge on any atom is -0.444 e. The molecule has 1 heterocycles. The maximum atomic E-state index is 11.4. The third kappa shape index (κ3) is 11.1. The van der Waals surface area contributed by atoms with Crippen LogP contribution in [0.15, 0.2) is 4.99 Å². The van der Waals surface area contributed by atoms with Gasteiger partial charge in [0.05, 0.1) is 13.2 Å². The van der Waals surface area contributed by atoms with Crippen LogP contribution in [0.2, 0.25) is 0 Å². The molecule has 1 saturated heterocycles. The normalized spacial score (nSPS) is 16.7. The zero-order valence-electron chi connectivity index (χ0n) is 15.3. The monoisotopic (exact) mass is 343 g/mol. The van der Waals surface area contributed by atoms with Crippen LogP contribution in [0.1, 0.15) is 33.6 Å². The Balaban J connectivity index is 1.98. The van der Waals surface area contributed by atoms with E-state index in [1.54, 1.807) is 0 Å². The van der Waals surface area contributed by atoms with Crippen LogP contribution in [0.25, 0.3) is 0 Å². The maximum absolute atomic E-state index is 11.4. The van der Waals surface area contributed by atoms with Gasteiger partial charge in [0.15, 0.2) is 5.96 Å². The first-order chi connectivity index (χ1) is 11.4. The zero-order valence-corrected chi connectivity index (χ0v) is 15.3. The molecule has 0 bridgehead atoms. The first kappa shape index (κ1) is 20.5. The summed E-state index contributed by atoms with van der Waals surface area (Å²) in [7, 11) is 0. The SMILES string of the molecule is CC(C)(C)OC(=O)NCCCN=C(N)NCCCN1CCOCC1. The Morgan fingerprint density at radius 1 is 1.21 bits per heavy atom. The molecule has 0 aromatic rings. The molecule has 0 aromatic carbocycles. The van der Waals surface area contributed by atoms with Crippen LogP contribution in [0.3, 0.4) is 0 Å². The minimum atomic E-state index is -0.474. The summed E-state index contributed by atoms with van der Waals surface area (Å²) in [4.78, 5) is 18.1. The first-order valence-electron chi connectivity index (χ1n) is 8.67. The summed E-state index contributed by atoms with van der Waals surface area (Å²) in [5, 5.41) is 5.80. The topological polar surface area (TPSA) is 101 Å². The second-order valence-electron chi connectivity index (χ2n) is 6.78. The highest BCUT2D eigenvalue weighted by atomic mass is 16.6. The molecule has 24 heavy (non-hydrogen) atoms. The van der Waals surface area contributed by atoms with Crippen LogP contribution in [0.4, 0.5) is 4.79 Å². The minimum absolute atomic E-state index is 0.402. The van der Waals surface area contributed by atoms with Gasteiger partial charge in [-0.1, -0.05) is 0 Å². The number of nitrogens with two attached hydrogens (primary N) is 1. The zero-order chi connectivity index (χ0) is 17.8. The number of alkyl carbamates (subject to hydrolysis) is 1. The van der Waals surface area contributed by atoms with Crippen molar-refractivity contribution in [2.24, 2.45) is 10.7 Å². The molecule has 1 rings (SSSR count). The molecule has 0 aromatic heterocycles. The summed E-state index contributed by atoms with van der Waals surface area (Å²) in [6.07, 6.45) is 1.34. The van der Waals surface area contributed by atoms with E-state index in [-0.39, 0.29) is 0 Å². The summed E-state index contributed by atoms with van der Waals surface area (Å²) >= 11 is 0. The average molecular weight is 343 g/mol. The van der Waals surface area contributed by atoms with Gasteiger partial charge in [-0.3, -0.25) is 9.89 Å². The Kier molecular flexibility index (Phi) is 9.48. The van der Waals surface area contributed by atoms with Crippen molar-refractivity contribution in [1.82, 2.24) is 15.5 Å². The number of nitrogens with zero attached hydrogens (tertiary/aromatic N) is 2. The van der Waals surface area contributed by atoms with Crippen molar-refractivity contribution in [2.75, 3.05) is 52.5 Å². The van der Waals surface area contributed by atoms with Gasteiger partial charge in [-0.15, -0.1) is 0 Å². The number of guanidine groups is 1. The molecule has 0 aliphatic carbocycles. The lowest BCUT2D eigenvalue weighted by Gasteiger charge is -2.26. The predicted molar refractivity (Wildman–Crippen MR) is 95.2 cm³/mol. The molecule has 0 unspecified atom stereocenters. The Bertz CT molecular complexity index is 390. The predicted octanol–water partition coefficient (Wildman–Crippen LogP) is 0.528. The van der Waals surface area contributed by atoms with Gasteiger partial charge < -0.3 is 25.8 Å². The Morgan fingerprint density at radius 2 is 1.88 bits per heavy atom. The van der Waals surface area contributed by atoms with E-state index in [2.05, 4.69) is 20.5 Å². The van der Waals surface area contributed by atoms with Gasteiger partial charge in [-0.05, 0) is 40.2 Å². The third-order valence-electron chi connectivity index (χ3n) is 3.35. The molecule has 0 atom stereocenters. The molecular weight excluding hydrogens is 310 g/mol. The molecule has 8 heteroatoms. The molecule has 4 N–H and O–H groups in total. The fourth-order valence-electron chi connectivity index (χ4n) is 2.18. The third-order valence-corrected chi connectivity index (χ3v) is 3.35. The maximum Gasteiger partial charge on any atom is 0.407 e. The molecule has 8 nitrogen and oxygen atoms in total. The molecule has 1 fully saturated rings. The van der Waals surface area contributed by atoms with Crippen molar-refractivity contribution in [1.29, 1.82) is 0 Å². The van der Waals surface area contributed by atoms with Gasteiger partial charge in [-0.2, -0.15) is 0 Å². The van der Waals surface area contributed by atoms with Gasteiger partial charge in [-0.25, -0.2) is 4.79 Å². The molecule has 1 amide bonds. The number of ether oxygens (including phenoxy) is 2. The molecule has 0 radical (unpaired) electrons. The van der Waals surface area contributed by atoms with Crippen LogP contribution in [-0.4, -0.2) is 75.0 Å². The van der Waals surface area contributed by atoms with Crippen molar-refractivity contribution in [2.45, 2.75) is 39.2 Å². The van der Waals surface area contributed by atoms with Gasteiger partial charge in [0.1, 0.15) is 5.60 Å². The van der Waals surface area contributed by atoms with E-state index in [1.165, 1.54) is 0 Å². The summed E-state index contributed by atoms with van der Waals surface area (Å²) in [6, 6.07) is 0. The smallest absolute Gasteiger partial charge is 0.407 e. The van der Waals surface area contributed by atoms with Crippen molar-refractivity contribution < 1.29 is 14.3 Å². The number of nitrogens with one attached hydrogen (secondary N) is 2. The number of amides is 1. The number of morpholine rings is 1. The van der Waals surface area contributed by atoms with Crippen LogP contribution in [-0.2, 0) is 9.47 Å². The van der Waals surface area contributed by atoms with Gasteiger partial charge in [0.2, 0.25) is 0 Å². The van der Waals surface area contributed by atoms with Gasteiger partial charge >= 0.3 is 6.09 Å². The molecule has 0 spiro atoms. The summed E-state index contributed by atoms with van der Waals surface area (Å²) in [5.41, 5.74) is 5.34. The number of rotatable bonds is 8. The molecule has 0 saturated carbocycles. The molecule has 1 aliphatic rings. The van der Waals surface area contributed by atoms with Crippen molar-refractivity contribution in [3.63, 3.8) is 0 Å². The molecule has 1 aliphatic heterocycles. The van der Waals surface area contributed by atoms with Gasteiger partial charge in [0, 0.05) is 32.7 Å². The number of carbonyl (C=O) groups excluding carboxylic acids is 1. The number of hydrogen-bond acceptors (Lipinski definition) is 5. The quantitative estimate of drug-likeness (QED) is 0.338. The highest BCUT2D eigenvalue weighted by molar-refractivity contribution is 5.77. The fraction of sp³-hybridized carbons (Fsp3) is 0.875. The first-order valence-corrected chi connectivity index (χ1v) is 8.67. The standard InChI is InChI=1S/C16H33N5O3/c1-16(2,3)24-15(22)20-7-4-6-18-14(17)19-8-5-9-21-10-12-23-13-11-21/h4-13H2,1-3H3,(H,20,22)(H3,17,18,19). The van der Waals surface area contributed by atoms with Gasteiger partial charge in [0.25, 0.3) is 0 Å². The highest BCUT2D eigenvalue weighted by Gasteiger charge is 2.15. The van der Waals surface area contributed by atoms with Crippen LogP contribution in [0.5, 0.6) is 0 Å². The summed E-state index contributed by atoms with van der Waals surface area (Å²) < 4.78 is 10.5. The van der Waals surface area contributed by atoms with E-state index >= 15 is 0 Å². The largest absolute Gasteiger partial charge is 0.444 e. The molecular formula is C16H33N5O3. The summed E-state index contributed by atoms with van der Waals surface area (Å²) in [6.45, 7) is 12.1. The second-order valence-corrected chi connectivity index (χ2v) is 6.78. The van der Waals surface area contributed by atoms with Crippen molar-refractivity contribution >= 4 is 12.1 Å². The Labute approximate surface area is 145 Å². The van der Waals surface area contributed by atoms with Crippen LogP contribution in [0, 0.1) is 0 Å².